The van der Waals surface area contributed by atoms with Crippen LogP contribution in [0.3, 0.4) is 0 Å². The Bertz CT molecular complexity index is 643. The molecule has 0 aliphatic rings. The molecule has 2 aromatic carbocycles. The van der Waals surface area contributed by atoms with Crippen molar-refractivity contribution in [2.45, 2.75) is 0 Å². The quantitative estimate of drug-likeness (QED) is 0.691. The normalized spacial score (nSPS) is 10.4. The Kier molecular flexibility index (Phi) is 2.49. The van der Waals surface area contributed by atoms with Gasteiger partial charge in [-0.1, -0.05) is 30.3 Å². The number of para-hydroxylation sites is 1. The third-order valence-electron chi connectivity index (χ3n) is 2.69. The third-order valence-corrected chi connectivity index (χ3v) is 2.69. The predicted molar refractivity (Wildman–Crippen MR) is 69.0 cm³/mol. The molecule has 88 valence electrons. The first-order chi connectivity index (χ1) is 8.84. The Hall–Kier alpha value is -2.69. The van der Waals surface area contributed by atoms with Gasteiger partial charge in [0.15, 0.2) is 6.33 Å². The van der Waals surface area contributed by atoms with Crippen LogP contribution in [0.1, 0.15) is 0 Å². The number of benzene rings is 2. The number of nitrogens with zero attached hydrogens (tertiary/aromatic N) is 4. The molecule has 5 heteroatoms. The number of anilines is 1. The summed E-state index contributed by atoms with van der Waals surface area (Å²) in [5.74, 6) is 0. The molecule has 0 radical (unpaired) electrons. The molecule has 0 aliphatic heterocycles. The Morgan fingerprint density at radius 3 is 2.44 bits per heavy atom. The second kappa shape index (κ2) is 4.29. The van der Waals surface area contributed by atoms with Gasteiger partial charge in [-0.25, -0.2) is 0 Å². The summed E-state index contributed by atoms with van der Waals surface area (Å²) in [5, 5.41) is 11.7. The lowest BCUT2D eigenvalue weighted by Crippen LogP contribution is -2.01. The SMILES string of the molecule is Nc1ccc(-c2ccccc2-n2ncnn2)cc1. The van der Waals surface area contributed by atoms with Gasteiger partial charge in [0.2, 0.25) is 0 Å². The number of nitrogen functional groups attached to an aromatic ring is 1. The molecule has 1 heterocycles. The monoisotopic (exact) mass is 237 g/mol. The topological polar surface area (TPSA) is 69.6 Å². The summed E-state index contributed by atoms with van der Waals surface area (Å²) in [5.41, 5.74) is 9.44. The van der Waals surface area contributed by atoms with Crippen molar-refractivity contribution in [2.75, 3.05) is 5.73 Å². The maximum absolute atomic E-state index is 5.70. The van der Waals surface area contributed by atoms with Gasteiger partial charge in [0.1, 0.15) is 0 Å². The van der Waals surface area contributed by atoms with E-state index in [1.807, 2.05) is 48.5 Å². The largest absolute Gasteiger partial charge is 0.399 e. The minimum absolute atomic E-state index is 0.745. The minimum Gasteiger partial charge on any atom is -0.399 e. The Morgan fingerprint density at radius 1 is 0.944 bits per heavy atom. The maximum Gasteiger partial charge on any atom is 0.162 e. The summed E-state index contributed by atoms with van der Waals surface area (Å²) in [6.45, 7) is 0. The van der Waals surface area contributed by atoms with Crippen LogP contribution in [-0.4, -0.2) is 20.2 Å². The van der Waals surface area contributed by atoms with Crippen molar-refractivity contribution in [3.63, 3.8) is 0 Å². The van der Waals surface area contributed by atoms with Gasteiger partial charge in [-0.3, -0.25) is 0 Å². The Balaban J connectivity index is 2.15. The molecule has 18 heavy (non-hydrogen) atoms. The van der Waals surface area contributed by atoms with Crippen LogP contribution in [0.4, 0.5) is 5.69 Å². The second-order valence-electron chi connectivity index (χ2n) is 3.86. The van der Waals surface area contributed by atoms with Crippen LogP contribution < -0.4 is 5.73 Å². The van der Waals surface area contributed by atoms with Gasteiger partial charge in [0.25, 0.3) is 0 Å². The highest BCUT2D eigenvalue weighted by Gasteiger charge is 2.07. The van der Waals surface area contributed by atoms with Gasteiger partial charge in [0.05, 0.1) is 5.69 Å². The lowest BCUT2D eigenvalue weighted by atomic mass is 10.0. The van der Waals surface area contributed by atoms with Crippen LogP contribution in [0.25, 0.3) is 16.8 Å². The van der Waals surface area contributed by atoms with Crippen molar-refractivity contribution in [1.82, 2.24) is 20.2 Å². The van der Waals surface area contributed by atoms with E-state index in [4.69, 9.17) is 5.73 Å². The third kappa shape index (κ3) is 1.82. The smallest absolute Gasteiger partial charge is 0.162 e. The van der Waals surface area contributed by atoms with E-state index in [0.29, 0.717) is 0 Å². The number of nitrogens with two attached hydrogens (primary N) is 1. The molecule has 0 amide bonds. The van der Waals surface area contributed by atoms with E-state index < -0.39 is 0 Å². The van der Waals surface area contributed by atoms with Crippen molar-refractivity contribution in [3.8, 4) is 16.8 Å². The molecule has 0 bridgehead atoms. The van der Waals surface area contributed by atoms with Gasteiger partial charge in [-0.05, 0) is 29.0 Å². The molecule has 0 aliphatic carbocycles. The van der Waals surface area contributed by atoms with Gasteiger partial charge in [-0.15, -0.1) is 15.0 Å². The van der Waals surface area contributed by atoms with Crippen molar-refractivity contribution >= 4 is 5.69 Å². The Labute approximate surface area is 104 Å². The van der Waals surface area contributed by atoms with Crippen molar-refractivity contribution < 1.29 is 0 Å². The molecule has 3 rings (SSSR count). The van der Waals surface area contributed by atoms with Gasteiger partial charge >= 0.3 is 0 Å². The van der Waals surface area contributed by atoms with Crippen LogP contribution in [0.15, 0.2) is 54.9 Å². The zero-order valence-corrected chi connectivity index (χ0v) is 9.56. The molecule has 0 atom stereocenters. The van der Waals surface area contributed by atoms with E-state index in [1.165, 1.54) is 11.1 Å². The molecule has 0 unspecified atom stereocenters. The average molecular weight is 237 g/mol. The minimum atomic E-state index is 0.745. The zero-order chi connectivity index (χ0) is 12.4. The average Bonchev–Trinajstić information content (AvgIpc) is 2.93. The highest BCUT2D eigenvalue weighted by molar-refractivity contribution is 5.73. The zero-order valence-electron chi connectivity index (χ0n) is 9.56. The molecular weight excluding hydrogens is 226 g/mol. The predicted octanol–water partition coefficient (Wildman–Crippen LogP) is 1.91. The van der Waals surface area contributed by atoms with E-state index in [1.54, 1.807) is 0 Å². The van der Waals surface area contributed by atoms with Crippen molar-refractivity contribution in [1.29, 1.82) is 0 Å². The summed E-state index contributed by atoms with van der Waals surface area (Å²) >= 11 is 0. The Morgan fingerprint density at radius 2 is 1.72 bits per heavy atom. The molecule has 5 nitrogen and oxygen atoms in total. The molecule has 2 N–H and O–H groups in total. The first kappa shape index (κ1) is 10.5. The number of rotatable bonds is 2. The van der Waals surface area contributed by atoms with Gasteiger partial charge < -0.3 is 5.73 Å². The van der Waals surface area contributed by atoms with Crippen LogP contribution in [0.5, 0.6) is 0 Å². The van der Waals surface area contributed by atoms with Crippen molar-refractivity contribution in [3.05, 3.63) is 54.9 Å². The lowest BCUT2D eigenvalue weighted by Gasteiger charge is -2.08. The number of hydrogen-bond donors (Lipinski definition) is 1. The molecule has 0 fully saturated rings. The fraction of sp³-hybridized carbons (Fsp3) is 0. The van der Waals surface area contributed by atoms with E-state index in [2.05, 4.69) is 15.4 Å². The van der Waals surface area contributed by atoms with E-state index >= 15 is 0 Å². The molecule has 3 aromatic rings. The number of tetrazole rings is 1. The molecule has 0 saturated heterocycles. The highest BCUT2D eigenvalue weighted by atomic mass is 15.6. The summed E-state index contributed by atoms with van der Waals surface area (Å²) < 4.78 is 0. The molecule has 0 spiro atoms. The van der Waals surface area contributed by atoms with Gasteiger partial charge in [0, 0.05) is 11.3 Å². The summed E-state index contributed by atoms with van der Waals surface area (Å²) in [7, 11) is 0. The van der Waals surface area contributed by atoms with E-state index in [9.17, 15) is 0 Å². The van der Waals surface area contributed by atoms with Gasteiger partial charge in [-0.2, -0.15) is 0 Å². The fourth-order valence-corrected chi connectivity index (χ4v) is 1.83. The lowest BCUT2D eigenvalue weighted by molar-refractivity contribution is 0.721. The van der Waals surface area contributed by atoms with E-state index in [-0.39, 0.29) is 0 Å². The first-order valence-electron chi connectivity index (χ1n) is 5.53. The summed E-state index contributed by atoms with van der Waals surface area (Å²) in [6.07, 6.45) is 1.42. The number of aromatic nitrogens is 4. The van der Waals surface area contributed by atoms with E-state index in [0.717, 1.165) is 22.5 Å². The number of hydrogen-bond acceptors (Lipinski definition) is 4. The molecular formula is C13H11N5. The van der Waals surface area contributed by atoms with Crippen LogP contribution in [-0.2, 0) is 0 Å². The highest BCUT2D eigenvalue weighted by Crippen LogP contribution is 2.26. The summed E-state index contributed by atoms with van der Waals surface area (Å²) in [6, 6.07) is 15.6. The molecule has 1 aromatic heterocycles. The van der Waals surface area contributed by atoms with Crippen LogP contribution in [0.2, 0.25) is 0 Å². The van der Waals surface area contributed by atoms with Crippen molar-refractivity contribution in [2.24, 2.45) is 0 Å². The standard InChI is InChI=1S/C13H11N5/c14-11-7-5-10(6-8-11)12-3-1-2-4-13(12)18-16-9-15-17-18/h1-9H,14H2. The van der Waals surface area contributed by atoms with Crippen LogP contribution in [0, 0.1) is 0 Å². The second-order valence-corrected chi connectivity index (χ2v) is 3.86. The first-order valence-corrected chi connectivity index (χ1v) is 5.53. The summed E-state index contributed by atoms with van der Waals surface area (Å²) in [4.78, 5) is 1.51. The molecule has 0 saturated carbocycles. The van der Waals surface area contributed by atoms with Crippen LogP contribution >= 0.6 is 0 Å². The fourth-order valence-electron chi connectivity index (χ4n) is 1.83. The maximum atomic E-state index is 5.70.